The van der Waals surface area contributed by atoms with E-state index in [0.29, 0.717) is 11.1 Å². The Bertz CT molecular complexity index is 907. The minimum atomic E-state index is 0.0350. The predicted molar refractivity (Wildman–Crippen MR) is 102 cm³/mol. The largest absolute Gasteiger partial charge is 0.339 e. The molecule has 0 saturated carbocycles. The van der Waals surface area contributed by atoms with Crippen molar-refractivity contribution in [3.05, 3.63) is 64.4 Å². The van der Waals surface area contributed by atoms with Crippen LogP contribution in [0, 0.1) is 0 Å². The molecule has 1 saturated heterocycles. The van der Waals surface area contributed by atoms with Crippen LogP contribution in [0.1, 0.15) is 30.0 Å². The molecule has 0 unspecified atom stereocenters. The summed E-state index contributed by atoms with van der Waals surface area (Å²) in [6.07, 6.45) is 7.29. The third-order valence-electron chi connectivity index (χ3n) is 4.72. The predicted octanol–water partition coefficient (Wildman–Crippen LogP) is 4.47. The second-order valence-corrected chi connectivity index (χ2v) is 7.42. The van der Waals surface area contributed by atoms with Gasteiger partial charge >= 0.3 is 0 Å². The summed E-state index contributed by atoms with van der Waals surface area (Å²) in [6.45, 7) is 1.58. The molecule has 0 N–H and O–H groups in total. The molecule has 4 rings (SSSR count). The van der Waals surface area contributed by atoms with Gasteiger partial charge in [0.15, 0.2) is 10.1 Å². The monoisotopic (exact) mass is 371 g/mol. The van der Waals surface area contributed by atoms with Crippen LogP contribution in [0.5, 0.6) is 0 Å². The van der Waals surface area contributed by atoms with Gasteiger partial charge in [-0.3, -0.25) is 9.20 Å². The quantitative estimate of drug-likeness (QED) is 0.637. The zero-order valence-electron chi connectivity index (χ0n) is 13.6. The average Bonchev–Trinajstić information content (AvgIpc) is 3.21. The molecule has 0 radical (unpaired) electrons. The maximum atomic E-state index is 12.5. The second kappa shape index (κ2) is 7.02. The molecular weight excluding hydrogens is 354 g/mol. The van der Waals surface area contributed by atoms with Crippen molar-refractivity contribution in [2.75, 3.05) is 13.1 Å². The van der Waals surface area contributed by atoms with E-state index in [1.165, 1.54) is 16.9 Å². The highest BCUT2D eigenvalue weighted by molar-refractivity contribution is 7.15. The smallest absolute Gasteiger partial charge is 0.246 e. The third kappa shape index (κ3) is 3.34. The van der Waals surface area contributed by atoms with Crippen LogP contribution < -0.4 is 0 Å². The summed E-state index contributed by atoms with van der Waals surface area (Å²) in [6, 6.07) is 10.6. The van der Waals surface area contributed by atoms with Crippen molar-refractivity contribution in [3.8, 4) is 0 Å². The van der Waals surface area contributed by atoms with E-state index in [2.05, 4.69) is 29.2 Å². The summed E-state index contributed by atoms with van der Waals surface area (Å²) in [5.74, 6) is 0.580. The molecule has 3 heterocycles. The van der Waals surface area contributed by atoms with Crippen LogP contribution in [0.15, 0.2) is 48.0 Å². The van der Waals surface area contributed by atoms with Gasteiger partial charge in [-0.1, -0.05) is 41.9 Å². The lowest BCUT2D eigenvalue weighted by molar-refractivity contribution is -0.126. The Kier molecular flexibility index (Phi) is 4.59. The van der Waals surface area contributed by atoms with Gasteiger partial charge in [0.25, 0.3) is 0 Å². The van der Waals surface area contributed by atoms with E-state index in [9.17, 15) is 4.79 Å². The second-order valence-electron chi connectivity index (χ2n) is 6.19. The molecule has 1 amide bonds. The topological polar surface area (TPSA) is 37.6 Å². The van der Waals surface area contributed by atoms with Gasteiger partial charge in [-0.2, -0.15) is 0 Å². The number of amides is 1. The van der Waals surface area contributed by atoms with Crippen molar-refractivity contribution in [3.63, 3.8) is 0 Å². The minimum absolute atomic E-state index is 0.0350. The van der Waals surface area contributed by atoms with Gasteiger partial charge in [-0.15, -0.1) is 11.3 Å². The summed E-state index contributed by atoms with van der Waals surface area (Å²) in [5.41, 5.74) is 2.13. The van der Waals surface area contributed by atoms with E-state index in [0.717, 1.165) is 36.6 Å². The van der Waals surface area contributed by atoms with Gasteiger partial charge in [0, 0.05) is 30.7 Å². The Morgan fingerprint density at radius 2 is 2.00 bits per heavy atom. The highest BCUT2D eigenvalue weighted by atomic mass is 35.5. The van der Waals surface area contributed by atoms with E-state index in [4.69, 9.17) is 11.6 Å². The first-order chi connectivity index (χ1) is 12.2. The molecule has 1 aliphatic heterocycles. The fraction of sp³-hybridized carbons (Fsp3) is 0.263. The van der Waals surface area contributed by atoms with Gasteiger partial charge in [0.1, 0.15) is 0 Å². The number of nitrogens with zero attached hydrogens (tertiary/aromatic N) is 3. The lowest BCUT2D eigenvalue weighted by atomic mass is 9.89. The Morgan fingerprint density at radius 1 is 1.24 bits per heavy atom. The zero-order valence-corrected chi connectivity index (χ0v) is 15.2. The van der Waals surface area contributed by atoms with E-state index in [1.54, 1.807) is 12.2 Å². The summed E-state index contributed by atoms with van der Waals surface area (Å²) in [4.78, 5) is 19.5. The lowest BCUT2D eigenvalue weighted by Crippen LogP contribution is -2.36. The van der Waals surface area contributed by atoms with Crippen LogP contribution in [-0.2, 0) is 4.79 Å². The van der Waals surface area contributed by atoms with Gasteiger partial charge in [-0.05, 0) is 30.4 Å². The fourth-order valence-electron chi connectivity index (χ4n) is 3.34. The number of thiazole rings is 1. The van der Waals surface area contributed by atoms with Crippen LogP contribution >= 0.6 is 22.9 Å². The number of fused-ring (bicyclic) bond motifs is 1. The van der Waals surface area contributed by atoms with Gasteiger partial charge in [0.05, 0.1) is 5.69 Å². The summed E-state index contributed by atoms with van der Waals surface area (Å²) in [5, 5.41) is 2.38. The molecule has 2 aromatic heterocycles. The number of carbonyl (C=O) groups is 1. The van der Waals surface area contributed by atoms with E-state index < -0.39 is 0 Å². The fourth-order valence-corrected chi connectivity index (χ4v) is 4.35. The maximum absolute atomic E-state index is 12.5. The number of aromatic nitrogens is 2. The molecule has 0 bridgehead atoms. The van der Waals surface area contributed by atoms with Crippen LogP contribution in [0.3, 0.4) is 0 Å². The number of rotatable bonds is 3. The number of carbonyl (C=O) groups excluding carboxylic acids is 1. The SMILES string of the molecule is O=C(/C=C/c1c(Cl)nc2sccn12)N1CCC(c2ccccc2)CC1. The molecule has 0 aliphatic carbocycles. The molecule has 1 aromatic carbocycles. The van der Waals surface area contributed by atoms with Gasteiger partial charge < -0.3 is 4.90 Å². The van der Waals surface area contributed by atoms with Crippen molar-refractivity contribution >= 4 is 39.9 Å². The first kappa shape index (κ1) is 16.4. The van der Waals surface area contributed by atoms with Gasteiger partial charge in [-0.25, -0.2) is 4.98 Å². The Balaban J connectivity index is 1.41. The van der Waals surface area contributed by atoms with Gasteiger partial charge in [0.2, 0.25) is 5.91 Å². The molecule has 0 atom stereocenters. The normalized spacial score (nSPS) is 16.1. The highest BCUT2D eigenvalue weighted by Crippen LogP contribution is 2.28. The number of piperidine rings is 1. The van der Waals surface area contributed by atoms with E-state index in [1.807, 2.05) is 26.9 Å². The standard InChI is InChI=1S/C19H18ClN3OS/c20-18-16(23-12-13-25-19(23)21-18)6-7-17(24)22-10-8-15(9-11-22)14-4-2-1-3-5-14/h1-7,12-13,15H,8-11H2/b7-6+. The zero-order chi connectivity index (χ0) is 17.2. The van der Waals surface area contributed by atoms with Crippen LogP contribution in [0.4, 0.5) is 0 Å². The number of hydrogen-bond donors (Lipinski definition) is 0. The molecule has 4 nitrogen and oxygen atoms in total. The van der Waals surface area contributed by atoms with Crippen LogP contribution in [0.2, 0.25) is 5.15 Å². The first-order valence-corrected chi connectivity index (χ1v) is 9.61. The number of benzene rings is 1. The number of halogens is 1. The van der Waals surface area contributed by atoms with Crippen LogP contribution in [-0.4, -0.2) is 33.3 Å². The summed E-state index contributed by atoms with van der Waals surface area (Å²) >= 11 is 7.68. The first-order valence-electron chi connectivity index (χ1n) is 8.35. The Hall–Kier alpha value is -2.11. The molecule has 3 aromatic rings. The van der Waals surface area contributed by atoms with Crippen molar-refractivity contribution in [1.29, 1.82) is 0 Å². The molecule has 6 heteroatoms. The molecule has 128 valence electrons. The van der Waals surface area contributed by atoms with Crippen LogP contribution in [0.25, 0.3) is 11.0 Å². The molecule has 1 fully saturated rings. The summed E-state index contributed by atoms with van der Waals surface area (Å²) < 4.78 is 1.90. The summed E-state index contributed by atoms with van der Waals surface area (Å²) in [7, 11) is 0. The number of hydrogen-bond acceptors (Lipinski definition) is 3. The lowest BCUT2D eigenvalue weighted by Gasteiger charge is -2.31. The van der Waals surface area contributed by atoms with E-state index >= 15 is 0 Å². The number of likely N-dealkylation sites (tertiary alicyclic amines) is 1. The molecular formula is C19H18ClN3OS. The molecule has 1 aliphatic rings. The van der Waals surface area contributed by atoms with Crippen molar-refractivity contribution in [1.82, 2.24) is 14.3 Å². The van der Waals surface area contributed by atoms with Crippen molar-refractivity contribution < 1.29 is 4.79 Å². The maximum Gasteiger partial charge on any atom is 0.246 e. The van der Waals surface area contributed by atoms with E-state index in [-0.39, 0.29) is 5.91 Å². The molecule has 0 spiro atoms. The highest BCUT2D eigenvalue weighted by Gasteiger charge is 2.22. The Labute approximate surface area is 155 Å². The number of imidazole rings is 1. The van der Waals surface area contributed by atoms with Crippen molar-refractivity contribution in [2.45, 2.75) is 18.8 Å². The average molecular weight is 372 g/mol. The minimum Gasteiger partial charge on any atom is -0.339 e. The third-order valence-corrected chi connectivity index (χ3v) is 5.75. The van der Waals surface area contributed by atoms with Crippen molar-refractivity contribution in [2.24, 2.45) is 0 Å². The Morgan fingerprint density at radius 3 is 2.76 bits per heavy atom. The molecule has 25 heavy (non-hydrogen) atoms.